The van der Waals surface area contributed by atoms with Crippen molar-refractivity contribution in [1.82, 2.24) is 19.9 Å². The molecule has 2 rings (SSSR count). The van der Waals surface area contributed by atoms with Crippen molar-refractivity contribution >= 4 is 5.95 Å². The summed E-state index contributed by atoms with van der Waals surface area (Å²) in [6.45, 7) is 6.59. The molecule has 2 heterocycles. The minimum atomic E-state index is 0.102. The van der Waals surface area contributed by atoms with Gasteiger partial charge in [-0.15, -0.1) is 0 Å². The van der Waals surface area contributed by atoms with E-state index in [1.54, 1.807) is 6.20 Å². The van der Waals surface area contributed by atoms with Crippen LogP contribution in [0.1, 0.15) is 25.4 Å². The van der Waals surface area contributed by atoms with Crippen LogP contribution >= 0.6 is 0 Å². The first kappa shape index (κ1) is 13.3. The summed E-state index contributed by atoms with van der Waals surface area (Å²) in [5.74, 6) is 2.13. The monoisotopic (exact) mass is 261 g/mol. The number of nitrogens with zero attached hydrogens (tertiary/aromatic N) is 3. The molecule has 6 nitrogen and oxygen atoms in total. The fraction of sp³-hybridized carbons (Fsp3) is 0.462. The summed E-state index contributed by atoms with van der Waals surface area (Å²) < 4.78 is 5.58. The summed E-state index contributed by atoms with van der Waals surface area (Å²) in [7, 11) is 0. The van der Waals surface area contributed by atoms with Crippen molar-refractivity contribution in [3.63, 3.8) is 0 Å². The molecule has 0 bridgehead atoms. The zero-order valence-electron chi connectivity index (χ0n) is 11.5. The van der Waals surface area contributed by atoms with Gasteiger partial charge in [0.05, 0.1) is 6.10 Å². The molecular weight excluding hydrogens is 242 g/mol. The molecule has 0 aliphatic carbocycles. The number of anilines is 1. The smallest absolute Gasteiger partial charge is 0.226 e. The Labute approximate surface area is 112 Å². The lowest BCUT2D eigenvalue weighted by Gasteiger charge is -2.11. The van der Waals surface area contributed by atoms with E-state index in [2.05, 4.69) is 25.3 Å². The van der Waals surface area contributed by atoms with E-state index in [9.17, 15) is 0 Å². The van der Waals surface area contributed by atoms with Crippen molar-refractivity contribution in [2.75, 3.05) is 11.9 Å². The second-order valence-electron chi connectivity index (χ2n) is 4.55. The molecule has 0 spiro atoms. The summed E-state index contributed by atoms with van der Waals surface area (Å²) in [6, 6.07) is 1.83. The summed E-state index contributed by atoms with van der Waals surface area (Å²) in [5.41, 5.74) is 0.881. The van der Waals surface area contributed by atoms with E-state index < -0.39 is 0 Å². The van der Waals surface area contributed by atoms with Crippen LogP contribution in [0, 0.1) is 6.92 Å². The standard InChI is InChI=1S/C13H19N5O/c1-9(2)19-12-8-10(3)17-13(18-12)16-5-4-11-14-6-7-15-11/h6-9H,4-5H2,1-3H3,(H,14,15)(H,16,17,18). The normalized spacial score (nSPS) is 10.7. The largest absolute Gasteiger partial charge is 0.475 e. The van der Waals surface area contributed by atoms with Crippen LogP contribution in [0.4, 0.5) is 5.95 Å². The van der Waals surface area contributed by atoms with Crippen molar-refractivity contribution in [2.45, 2.75) is 33.3 Å². The molecule has 0 unspecified atom stereocenters. The van der Waals surface area contributed by atoms with Crippen LogP contribution in [0.3, 0.4) is 0 Å². The van der Waals surface area contributed by atoms with Crippen LogP contribution in [0.5, 0.6) is 5.88 Å². The van der Waals surface area contributed by atoms with E-state index in [-0.39, 0.29) is 6.10 Å². The number of rotatable bonds is 6. The topological polar surface area (TPSA) is 75.7 Å². The van der Waals surface area contributed by atoms with Crippen LogP contribution in [0.15, 0.2) is 18.5 Å². The Bertz CT molecular complexity index is 510. The van der Waals surface area contributed by atoms with Crippen molar-refractivity contribution in [3.8, 4) is 5.88 Å². The van der Waals surface area contributed by atoms with Gasteiger partial charge in [0.25, 0.3) is 0 Å². The van der Waals surface area contributed by atoms with Gasteiger partial charge in [-0.3, -0.25) is 0 Å². The first-order chi connectivity index (χ1) is 9.13. The van der Waals surface area contributed by atoms with Gasteiger partial charge < -0.3 is 15.0 Å². The number of H-pyrrole nitrogens is 1. The van der Waals surface area contributed by atoms with Gasteiger partial charge in [0, 0.05) is 37.1 Å². The first-order valence-corrected chi connectivity index (χ1v) is 6.38. The van der Waals surface area contributed by atoms with Crippen molar-refractivity contribution in [2.24, 2.45) is 0 Å². The van der Waals surface area contributed by atoms with E-state index in [4.69, 9.17) is 4.74 Å². The van der Waals surface area contributed by atoms with Crippen molar-refractivity contribution in [1.29, 1.82) is 0 Å². The summed E-state index contributed by atoms with van der Waals surface area (Å²) in [5, 5.41) is 3.18. The average molecular weight is 261 g/mol. The second-order valence-corrected chi connectivity index (χ2v) is 4.55. The van der Waals surface area contributed by atoms with E-state index in [0.29, 0.717) is 11.8 Å². The number of aryl methyl sites for hydroxylation is 1. The molecule has 0 aromatic carbocycles. The maximum Gasteiger partial charge on any atom is 0.226 e. The third-order valence-electron chi connectivity index (χ3n) is 2.39. The molecule has 2 aromatic heterocycles. The number of imidazole rings is 1. The number of aromatic nitrogens is 4. The fourth-order valence-electron chi connectivity index (χ4n) is 1.65. The van der Waals surface area contributed by atoms with E-state index in [1.807, 2.05) is 33.0 Å². The van der Waals surface area contributed by atoms with Gasteiger partial charge in [0.15, 0.2) is 0 Å². The molecule has 0 atom stereocenters. The van der Waals surface area contributed by atoms with Gasteiger partial charge in [0.2, 0.25) is 11.8 Å². The van der Waals surface area contributed by atoms with Crippen molar-refractivity contribution in [3.05, 3.63) is 30.0 Å². The molecule has 0 saturated heterocycles. The Morgan fingerprint density at radius 1 is 1.37 bits per heavy atom. The van der Waals surface area contributed by atoms with Gasteiger partial charge in [-0.25, -0.2) is 9.97 Å². The average Bonchev–Trinajstić information content (AvgIpc) is 2.80. The van der Waals surface area contributed by atoms with Crippen molar-refractivity contribution < 1.29 is 4.74 Å². The zero-order chi connectivity index (χ0) is 13.7. The van der Waals surface area contributed by atoms with Gasteiger partial charge >= 0.3 is 0 Å². The molecule has 102 valence electrons. The fourth-order valence-corrected chi connectivity index (χ4v) is 1.65. The minimum Gasteiger partial charge on any atom is -0.475 e. The zero-order valence-corrected chi connectivity index (χ0v) is 11.5. The summed E-state index contributed by atoms with van der Waals surface area (Å²) >= 11 is 0. The third-order valence-corrected chi connectivity index (χ3v) is 2.39. The van der Waals surface area contributed by atoms with Crippen LogP contribution < -0.4 is 10.1 Å². The quantitative estimate of drug-likeness (QED) is 0.831. The number of aromatic amines is 1. The van der Waals surface area contributed by atoms with Gasteiger partial charge in [-0.05, 0) is 20.8 Å². The molecule has 0 amide bonds. The Kier molecular flexibility index (Phi) is 4.33. The molecule has 0 fully saturated rings. The Balaban J connectivity index is 1.93. The highest BCUT2D eigenvalue weighted by molar-refractivity contribution is 5.30. The highest BCUT2D eigenvalue weighted by Crippen LogP contribution is 2.13. The van der Waals surface area contributed by atoms with Crippen LogP contribution in [0.2, 0.25) is 0 Å². The predicted octanol–water partition coefficient (Wildman–Crippen LogP) is 1.95. The van der Waals surface area contributed by atoms with E-state index in [1.165, 1.54) is 0 Å². The molecular formula is C13H19N5O. The highest BCUT2D eigenvalue weighted by Gasteiger charge is 2.05. The predicted molar refractivity (Wildman–Crippen MR) is 73.3 cm³/mol. The maximum atomic E-state index is 5.58. The lowest BCUT2D eigenvalue weighted by molar-refractivity contribution is 0.232. The van der Waals surface area contributed by atoms with Gasteiger partial charge in [-0.2, -0.15) is 4.98 Å². The lowest BCUT2D eigenvalue weighted by Crippen LogP contribution is -2.12. The van der Waals surface area contributed by atoms with E-state index >= 15 is 0 Å². The molecule has 19 heavy (non-hydrogen) atoms. The Morgan fingerprint density at radius 3 is 2.89 bits per heavy atom. The molecule has 0 radical (unpaired) electrons. The second kappa shape index (κ2) is 6.17. The van der Waals surface area contributed by atoms with Gasteiger partial charge in [-0.1, -0.05) is 0 Å². The highest BCUT2D eigenvalue weighted by atomic mass is 16.5. The maximum absolute atomic E-state index is 5.58. The first-order valence-electron chi connectivity index (χ1n) is 6.38. The number of nitrogens with one attached hydrogen (secondary N) is 2. The Morgan fingerprint density at radius 2 is 2.21 bits per heavy atom. The number of hydrogen-bond donors (Lipinski definition) is 2. The molecule has 2 aromatic rings. The minimum absolute atomic E-state index is 0.102. The molecule has 0 saturated carbocycles. The van der Waals surface area contributed by atoms with E-state index in [0.717, 1.165) is 24.5 Å². The molecule has 2 N–H and O–H groups in total. The Hall–Kier alpha value is -2.11. The third kappa shape index (κ3) is 4.24. The van der Waals surface area contributed by atoms with Crippen LogP contribution in [-0.2, 0) is 6.42 Å². The number of ether oxygens (including phenoxy) is 1. The molecule has 0 aliphatic heterocycles. The SMILES string of the molecule is Cc1cc(OC(C)C)nc(NCCc2ncc[nH]2)n1. The number of hydrogen-bond acceptors (Lipinski definition) is 5. The van der Waals surface area contributed by atoms with Gasteiger partial charge in [0.1, 0.15) is 5.82 Å². The molecule has 6 heteroatoms. The lowest BCUT2D eigenvalue weighted by atomic mass is 10.4. The van der Waals surface area contributed by atoms with Crippen LogP contribution in [-0.4, -0.2) is 32.6 Å². The summed E-state index contributed by atoms with van der Waals surface area (Å²) in [4.78, 5) is 15.9. The summed E-state index contributed by atoms with van der Waals surface area (Å²) in [6.07, 6.45) is 4.45. The molecule has 0 aliphatic rings. The van der Waals surface area contributed by atoms with Crippen LogP contribution in [0.25, 0.3) is 0 Å².